The van der Waals surface area contributed by atoms with Crippen molar-refractivity contribution in [3.05, 3.63) is 71.8 Å². The summed E-state index contributed by atoms with van der Waals surface area (Å²) < 4.78 is 18.7. The number of aliphatic hydroxyl groups is 1. The number of β-amino-alcohol motifs (C(OH)–C–C–N with tert-alkyl or cyclic N) is 1. The van der Waals surface area contributed by atoms with Crippen LogP contribution in [0, 0.1) is 13.8 Å². The van der Waals surface area contributed by atoms with Crippen LogP contribution >= 0.6 is 0 Å². The molecule has 1 unspecified atom stereocenters. The number of aryl methyl sites for hydroxylation is 2. The summed E-state index contributed by atoms with van der Waals surface area (Å²) in [5.74, 6) is 1.31. The second-order valence-electron chi connectivity index (χ2n) is 9.87. The van der Waals surface area contributed by atoms with Gasteiger partial charge in [-0.25, -0.2) is 9.67 Å². The molecule has 1 amide bonds. The number of hydrogen-bond acceptors (Lipinski definition) is 8. The Labute approximate surface area is 223 Å². The first-order valence-electron chi connectivity index (χ1n) is 12.8. The summed E-state index contributed by atoms with van der Waals surface area (Å²) in [5, 5.41) is 15.8. The van der Waals surface area contributed by atoms with Crippen LogP contribution in [0.2, 0.25) is 0 Å². The van der Waals surface area contributed by atoms with Crippen molar-refractivity contribution < 1.29 is 24.1 Å². The normalized spacial score (nSPS) is 18.3. The first-order chi connectivity index (χ1) is 18.3. The van der Waals surface area contributed by atoms with Gasteiger partial charge in [-0.2, -0.15) is 5.10 Å². The molecule has 1 aromatic heterocycles. The summed E-state index contributed by atoms with van der Waals surface area (Å²) in [6.07, 6.45) is 3.16. The monoisotopic (exact) mass is 523 g/mol. The van der Waals surface area contributed by atoms with Crippen molar-refractivity contribution in [2.45, 2.75) is 32.5 Å². The lowest BCUT2D eigenvalue weighted by Gasteiger charge is -2.33. The fourth-order valence-electron chi connectivity index (χ4n) is 4.51. The number of carbonyl (C=O) groups is 1. The highest BCUT2D eigenvalue weighted by atomic mass is 16.5. The lowest BCUT2D eigenvalue weighted by atomic mass is 10.0. The predicted molar refractivity (Wildman–Crippen MR) is 142 cm³/mol. The van der Waals surface area contributed by atoms with Crippen LogP contribution in [0.15, 0.2) is 55.1 Å². The smallest absolute Gasteiger partial charge is 0.248 e. The largest absolute Gasteiger partial charge is 0.492 e. The molecule has 0 saturated carbocycles. The van der Waals surface area contributed by atoms with Crippen LogP contribution < -0.4 is 9.47 Å². The molecule has 204 valence electrons. The van der Waals surface area contributed by atoms with E-state index in [1.807, 2.05) is 56.3 Å². The third kappa shape index (κ3) is 7.77. The van der Waals surface area contributed by atoms with E-state index in [1.165, 1.54) is 19.0 Å². The first-order valence-corrected chi connectivity index (χ1v) is 12.8. The third-order valence-corrected chi connectivity index (χ3v) is 6.66. The van der Waals surface area contributed by atoms with Crippen molar-refractivity contribution in [2.24, 2.45) is 0 Å². The van der Waals surface area contributed by atoms with Gasteiger partial charge >= 0.3 is 0 Å². The molecule has 0 spiro atoms. The molecule has 1 aliphatic heterocycles. The average molecular weight is 524 g/mol. The summed E-state index contributed by atoms with van der Waals surface area (Å²) in [7, 11) is 1.50. The lowest BCUT2D eigenvalue weighted by molar-refractivity contribution is -0.138. The van der Waals surface area contributed by atoms with Gasteiger partial charge in [0.1, 0.15) is 49.6 Å². The van der Waals surface area contributed by atoms with E-state index in [0.717, 1.165) is 16.9 Å². The Kier molecular flexibility index (Phi) is 9.33. The molecule has 1 saturated heterocycles. The summed E-state index contributed by atoms with van der Waals surface area (Å²) in [5.41, 5.74) is 2.09. The maximum Gasteiger partial charge on any atom is 0.248 e. The van der Waals surface area contributed by atoms with Crippen molar-refractivity contribution in [1.82, 2.24) is 24.6 Å². The van der Waals surface area contributed by atoms with Gasteiger partial charge in [-0.1, -0.05) is 18.2 Å². The Morgan fingerprint density at radius 2 is 1.89 bits per heavy atom. The van der Waals surface area contributed by atoms with Gasteiger partial charge in [0.15, 0.2) is 0 Å². The maximum absolute atomic E-state index is 12.7. The number of rotatable bonds is 11. The molecule has 10 heteroatoms. The minimum absolute atomic E-state index is 0.0257. The van der Waals surface area contributed by atoms with Gasteiger partial charge in [0.25, 0.3) is 0 Å². The zero-order valence-electron chi connectivity index (χ0n) is 22.4. The Morgan fingerprint density at radius 3 is 2.66 bits per heavy atom. The van der Waals surface area contributed by atoms with E-state index in [9.17, 15) is 9.90 Å². The van der Waals surface area contributed by atoms with E-state index in [-0.39, 0.29) is 25.7 Å². The van der Waals surface area contributed by atoms with Crippen molar-refractivity contribution in [3.8, 4) is 11.5 Å². The SMILES string of the molecule is COCC(=O)N1CCN(Cc2cccc(OCCn3cncn3)c2)CC(O)(COc2ccc(C)c(C)c2)C1. The first kappa shape index (κ1) is 27.6. The number of carbonyl (C=O) groups excluding carboxylic acids is 1. The second kappa shape index (κ2) is 12.9. The molecule has 1 aliphatic rings. The second-order valence-corrected chi connectivity index (χ2v) is 9.87. The van der Waals surface area contributed by atoms with Gasteiger partial charge < -0.3 is 24.2 Å². The third-order valence-electron chi connectivity index (χ3n) is 6.66. The fourth-order valence-corrected chi connectivity index (χ4v) is 4.51. The summed E-state index contributed by atoms with van der Waals surface area (Å²) in [6, 6.07) is 13.8. The van der Waals surface area contributed by atoms with Crippen LogP contribution in [-0.2, 0) is 22.6 Å². The van der Waals surface area contributed by atoms with Crippen molar-refractivity contribution in [1.29, 1.82) is 0 Å². The summed E-state index contributed by atoms with van der Waals surface area (Å²) in [4.78, 5) is 20.4. The predicted octanol–water partition coefficient (Wildman–Crippen LogP) is 2.07. The van der Waals surface area contributed by atoms with Gasteiger partial charge in [-0.3, -0.25) is 9.69 Å². The van der Waals surface area contributed by atoms with Crippen LogP contribution in [0.4, 0.5) is 0 Å². The molecule has 10 nitrogen and oxygen atoms in total. The van der Waals surface area contributed by atoms with Crippen molar-refractivity contribution in [3.63, 3.8) is 0 Å². The maximum atomic E-state index is 12.7. The number of hydrogen-bond donors (Lipinski definition) is 1. The molecular weight excluding hydrogens is 486 g/mol. The highest BCUT2D eigenvalue weighted by Crippen LogP contribution is 2.22. The number of amides is 1. The van der Waals surface area contributed by atoms with Crippen molar-refractivity contribution >= 4 is 5.91 Å². The van der Waals surface area contributed by atoms with E-state index < -0.39 is 5.60 Å². The summed E-state index contributed by atoms with van der Waals surface area (Å²) in [6.45, 7) is 7.41. The number of nitrogens with zero attached hydrogens (tertiary/aromatic N) is 5. The molecule has 0 bridgehead atoms. The molecule has 38 heavy (non-hydrogen) atoms. The molecule has 2 heterocycles. The lowest BCUT2D eigenvalue weighted by Crippen LogP contribution is -2.52. The highest BCUT2D eigenvalue weighted by Gasteiger charge is 2.37. The van der Waals surface area contributed by atoms with Gasteiger partial charge in [-0.15, -0.1) is 0 Å². The average Bonchev–Trinajstić information content (AvgIpc) is 3.35. The Bertz CT molecular complexity index is 1190. The van der Waals surface area contributed by atoms with E-state index in [2.05, 4.69) is 15.0 Å². The Hall–Kier alpha value is -3.47. The molecule has 4 rings (SSSR count). The van der Waals surface area contributed by atoms with Crippen LogP contribution in [0.25, 0.3) is 0 Å². The topological polar surface area (TPSA) is 102 Å². The number of aromatic nitrogens is 3. The van der Waals surface area contributed by atoms with E-state index >= 15 is 0 Å². The van der Waals surface area contributed by atoms with Crippen LogP contribution in [0.1, 0.15) is 16.7 Å². The quantitative estimate of drug-likeness (QED) is 0.408. The number of ether oxygens (including phenoxy) is 3. The number of methoxy groups -OCH3 is 1. The minimum Gasteiger partial charge on any atom is -0.492 e. The van der Waals surface area contributed by atoms with Crippen LogP contribution in [-0.4, -0.2) is 94.3 Å². The van der Waals surface area contributed by atoms with Crippen LogP contribution in [0.5, 0.6) is 11.5 Å². The standard InChI is InChI=1S/C28H37N5O5/c1-22-7-8-26(13-23(22)2)38-19-28(35)17-31(9-10-32(18-28)27(34)16-36-3)15-24-5-4-6-25(14-24)37-12-11-33-21-29-20-30-33/h4-8,13-14,20-21,35H,9-12,15-19H2,1-3H3. The zero-order chi connectivity index (χ0) is 27.0. The molecule has 1 atom stereocenters. The van der Waals surface area contributed by atoms with Gasteiger partial charge in [0.2, 0.25) is 5.91 Å². The summed E-state index contributed by atoms with van der Waals surface area (Å²) >= 11 is 0. The molecule has 0 radical (unpaired) electrons. The van der Waals surface area contributed by atoms with E-state index in [1.54, 1.807) is 15.9 Å². The van der Waals surface area contributed by atoms with E-state index in [4.69, 9.17) is 14.2 Å². The Balaban J connectivity index is 1.43. The molecule has 1 fully saturated rings. The van der Waals surface area contributed by atoms with Gasteiger partial charge in [0, 0.05) is 33.3 Å². The van der Waals surface area contributed by atoms with E-state index in [0.29, 0.717) is 45.1 Å². The highest BCUT2D eigenvalue weighted by molar-refractivity contribution is 5.77. The van der Waals surface area contributed by atoms with Crippen molar-refractivity contribution in [2.75, 3.05) is 53.1 Å². The van der Waals surface area contributed by atoms with Crippen LogP contribution in [0.3, 0.4) is 0 Å². The molecule has 0 aliphatic carbocycles. The molecule has 2 aromatic carbocycles. The zero-order valence-corrected chi connectivity index (χ0v) is 22.4. The molecule has 1 N–H and O–H groups in total. The van der Waals surface area contributed by atoms with Gasteiger partial charge in [-0.05, 0) is 54.8 Å². The fraction of sp³-hybridized carbons (Fsp3) is 0.464. The number of benzene rings is 2. The Morgan fingerprint density at radius 1 is 1.05 bits per heavy atom. The molecular formula is C28H37N5O5. The molecule has 3 aromatic rings. The minimum atomic E-state index is -1.26. The van der Waals surface area contributed by atoms with Gasteiger partial charge in [0.05, 0.1) is 13.1 Å².